The Labute approximate surface area is 142 Å². The van der Waals surface area contributed by atoms with E-state index < -0.39 is 0 Å². The minimum Gasteiger partial charge on any atom is -0.489 e. The van der Waals surface area contributed by atoms with Gasteiger partial charge in [0.2, 0.25) is 0 Å². The first kappa shape index (κ1) is 16.1. The normalized spacial score (nSPS) is 16.3. The lowest BCUT2D eigenvalue weighted by Gasteiger charge is -2.37. The Morgan fingerprint density at radius 2 is 2.04 bits per heavy atom. The third-order valence-electron chi connectivity index (χ3n) is 4.02. The summed E-state index contributed by atoms with van der Waals surface area (Å²) in [5.74, 6) is 0.824. The van der Waals surface area contributed by atoms with Crippen molar-refractivity contribution in [2.75, 3.05) is 18.5 Å². The summed E-state index contributed by atoms with van der Waals surface area (Å²) in [4.78, 5) is 14.6. The molecule has 0 saturated heterocycles. The van der Waals surface area contributed by atoms with Crippen LogP contribution in [0, 0.1) is 0 Å². The van der Waals surface area contributed by atoms with Crippen LogP contribution >= 0.6 is 0 Å². The molecule has 124 valence electrons. The Kier molecular flexibility index (Phi) is 4.56. The molecule has 1 aliphatic rings. The van der Waals surface area contributed by atoms with Crippen LogP contribution in [0.25, 0.3) is 0 Å². The van der Waals surface area contributed by atoms with Gasteiger partial charge < -0.3 is 15.0 Å². The zero-order valence-electron chi connectivity index (χ0n) is 14.1. The number of para-hydroxylation sites is 1. The second-order valence-corrected chi connectivity index (χ2v) is 6.00. The highest BCUT2D eigenvalue weighted by Crippen LogP contribution is 2.33. The van der Waals surface area contributed by atoms with Gasteiger partial charge in [0.1, 0.15) is 18.5 Å². The third kappa shape index (κ3) is 3.13. The fourth-order valence-electron chi connectivity index (χ4n) is 2.86. The van der Waals surface area contributed by atoms with Crippen LogP contribution in [0.1, 0.15) is 35.9 Å². The summed E-state index contributed by atoms with van der Waals surface area (Å²) in [5.41, 5.74) is 3.55. The predicted octanol–water partition coefficient (Wildman–Crippen LogP) is 4.23. The first-order valence-electron chi connectivity index (χ1n) is 8.14. The van der Waals surface area contributed by atoms with Gasteiger partial charge in [0.15, 0.2) is 0 Å². The molecular weight excluding hydrogens is 300 g/mol. The zero-order chi connectivity index (χ0) is 17.1. The van der Waals surface area contributed by atoms with Crippen molar-refractivity contribution in [3.05, 3.63) is 71.8 Å². The van der Waals surface area contributed by atoms with E-state index in [4.69, 9.17) is 4.74 Å². The molecule has 0 fully saturated rings. The Balaban J connectivity index is 1.92. The van der Waals surface area contributed by atoms with Gasteiger partial charge in [-0.1, -0.05) is 30.8 Å². The lowest BCUT2D eigenvalue weighted by Crippen LogP contribution is -2.42. The van der Waals surface area contributed by atoms with Gasteiger partial charge in [0, 0.05) is 12.2 Å². The average molecular weight is 322 g/mol. The molecule has 2 aromatic rings. The Bertz CT molecular complexity index is 770. The molecule has 4 heteroatoms. The second kappa shape index (κ2) is 6.79. The van der Waals surface area contributed by atoms with E-state index >= 15 is 0 Å². The minimum atomic E-state index is -0.203. The molecule has 1 heterocycles. The molecule has 1 aliphatic heterocycles. The number of rotatable bonds is 5. The maximum Gasteiger partial charge on any atom is 0.257 e. The van der Waals surface area contributed by atoms with Gasteiger partial charge in [-0.15, -0.1) is 0 Å². The molecule has 1 atom stereocenters. The monoisotopic (exact) mass is 322 g/mol. The van der Waals surface area contributed by atoms with Gasteiger partial charge in [-0.25, -0.2) is 0 Å². The maximum absolute atomic E-state index is 12.8. The van der Waals surface area contributed by atoms with E-state index in [1.807, 2.05) is 67.3 Å². The highest BCUT2D eigenvalue weighted by molar-refractivity contribution is 6.01. The molecule has 0 aliphatic carbocycles. The number of hydrogen-bond donors (Lipinski definition) is 1. The number of fused-ring (bicyclic) bond motifs is 1. The van der Waals surface area contributed by atoms with Gasteiger partial charge in [-0.2, -0.15) is 0 Å². The van der Waals surface area contributed by atoms with Crippen LogP contribution in [-0.4, -0.2) is 24.0 Å². The topological polar surface area (TPSA) is 41.6 Å². The number of amides is 1. The lowest BCUT2D eigenvalue weighted by molar-refractivity contribution is 0.0694. The van der Waals surface area contributed by atoms with E-state index in [2.05, 4.69) is 11.9 Å². The van der Waals surface area contributed by atoms with Crippen molar-refractivity contribution in [1.29, 1.82) is 0 Å². The molecule has 24 heavy (non-hydrogen) atoms. The quantitative estimate of drug-likeness (QED) is 0.838. The van der Waals surface area contributed by atoms with Crippen LogP contribution < -0.4 is 10.1 Å². The summed E-state index contributed by atoms with van der Waals surface area (Å²) in [6.07, 6.45) is -0.203. The summed E-state index contributed by atoms with van der Waals surface area (Å²) < 4.78 is 5.73. The molecule has 0 saturated carbocycles. The molecule has 1 amide bonds. The van der Waals surface area contributed by atoms with E-state index in [1.54, 1.807) is 0 Å². The van der Waals surface area contributed by atoms with E-state index in [-0.39, 0.29) is 12.1 Å². The van der Waals surface area contributed by atoms with Gasteiger partial charge in [-0.05, 0) is 49.2 Å². The van der Waals surface area contributed by atoms with Crippen molar-refractivity contribution in [3.8, 4) is 5.75 Å². The van der Waals surface area contributed by atoms with E-state index in [1.165, 1.54) is 0 Å². The molecule has 3 rings (SSSR count). The second-order valence-electron chi connectivity index (χ2n) is 6.00. The Morgan fingerprint density at radius 3 is 2.79 bits per heavy atom. The number of carbonyl (C=O) groups excluding carboxylic acids is 1. The summed E-state index contributed by atoms with van der Waals surface area (Å²) in [5, 5.41) is 3.47. The van der Waals surface area contributed by atoms with Crippen molar-refractivity contribution in [1.82, 2.24) is 4.90 Å². The summed E-state index contributed by atoms with van der Waals surface area (Å²) >= 11 is 0. The van der Waals surface area contributed by atoms with Crippen LogP contribution in [0.5, 0.6) is 5.75 Å². The van der Waals surface area contributed by atoms with Gasteiger partial charge in [-0.3, -0.25) is 4.79 Å². The van der Waals surface area contributed by atoms with Crippen LogP contribution in [0.3, 0.4) is 0 Å². The van der Waals surface area contributed by atoms with Crippen molar-refractivity contribution in [3.63, 3.8) is 0 Å². The first-order valence-corrected chi connectivity index (χ1v) is 8.14. The average Bonchev–Trinajstić information content (AvgIpc) is 2.60. The fourth-order valence-corrected chi connectivity index (χ4v) is 2.86. The van der Waals surface area contributed by atoms with Crippen LogP contribution in [0.15, 0.2) is 60.7 Å². The van der Waals surface area contributed by atoms with Gasteiger partial charge in [0.05, 0.1) is 5.56 Å². The smallest absolute Gasteiger partial charge is 0.257 e. The summed E-state index contributed by atoms with van der Waals surface area (Å²) in [6.45, 7) is 8.89. The molecule has 1 N–H and O–H groups in total. The number of nitrogens with one attached hydrogen (secondary N) is 1. The van der Waals surface area contributed by atoms with Crippen LogP contribution in [0.2, 0.25) is 0 Å². The van der Waals surface area contributed by atoms with E-state index in [0.29, 0.717) is 18.7 Å². The molecular formula is C20H22N2O2. The number of hydrogen-bond acceptors (Lipinski definition) is 3. The predicted molar refractivity (Wildman–Crippen MR) is 96.3 cm³/mol. The van der Waals surface area contributed by atoms with Crippen molar-refractivity contribution >= 4 is 11.6 Å². The summed E-state index contributed by atoms with van der Waals surface area (Å²) in [6, 6.07) is 15.5. The number of anilines is 1. The Hall–Kier alpha value is -2.75. The van der Waals surface area contributed by atoms with Crippen molar-refractivity contribution in [2.45, 2.75) is 20.0 Å². The van der Waals surface area contributed by atoms with Crippen molar-refractivity contribution in [2.24, 2.45) is 0 Å². The first-order chi connectivity index (χ1) is 11.6. The number of ether oxygens (including phenoxy) is 1. The van der Waals surface area contributed by atoms with E-state index in [9.17, 15) is 4.79 Å². The number of carbonyl (C=O) groups is 1. The number of nitrogens with zero attached hydrogens (tertiary/aromatic N) is 1. The van der Waals surface area contributed by atoms with Crippen LogP contribution in [-0.2, 0) is 0 Å². The molecule has 0 radical (unpaired) electrons. The highest BCUT2D eigenvalue weighted by atomic mass is 16.5. The molecule has 1 unspecified atom stereocenters. The zero-order valence-corrected chi connectivity index (χ0v) is 14.1. The molecule has 4 nitrogen and oxygen atoms in total. The fraction of sp³-hybridized carbons (Fsp3) is 0.250. The Morgan fingerprint density at radius 1 is 1.25 bits per heavy atom. The molecule has 0 bridgehead atoms. The van der Waals surface area contributed by atoms with E-state index in [0.717, 1.165) is 22.6 Å². The largest absolute Gasteiger partial charge is 0.489 e. The molecule has 0 spiro atoms. The van der Waals surface area contributed by atoms with Crippen molar-refractivity contribution < 1.29 is 9.53 Å². The maximum atomic E-state index is 12.8. The van der Waals surface area contributed by atoms with Crippen LogP contribution in [0.4, 0.5) is 5.69 Å². The SMILES string of the molecule is C=C(C)COc1cccc(C2Nc3ccccc3C(=O)N2CC)c1. The lowest BCUT2D eigenvalue weighted by atomic mass is 10.0. The summed E-state index contributed by atoms with van der Waals surface area (Å²) in [7, 11) is 0. The standard InChI is InChI=1S/C20H22N2O2/c1-4-22-19(21-18-11-6-5-10-17(18)20(22)23)15-8-7-9-16(12-15)24-13-14(2)3/h5-12,19,21H,2,4,13H2,1,3H3. The molecule has 2 aromatic carbocycles. The highest BCUT2D eigenvalue weighted by Gasteiger charge is 2.31. The number of benzene rings is 2. The molecule has 0 aromatic heterocycles. The van der Waals surface area contributed by atoms with Gasteiger partial charge in [0.25, 0.3) is 5.91 Å². The van der Waals surface area contributed by atoms with Gasteiger partial charge >= 0.3 is 0 Å². The minimum absolute atomic E-state index is 0.0464. The third-order valence-corrected chi connectivity index (χ3v) is 4.02.